The van der Waals surface area contributed by atoms with E-state index in [1.807, 2.05) is 0 Å². The molecule has 0 amide bonds. The minimum atomic E-state index is -0.195. The Morgan fingerprint density at radius 2 is 1.82 bits per heavy atom. The molecule has 2 aliphatic carbocycles. The molecular formula is C15H18N2. The monoisotopic (exact) mass is 226 g/mol. The Kier molecular flexibility index (Phi) is 2.63. The van der Waals surface area contributed by atoms with E-state index in [-0.39, 0.29) is 10.8 Å². The highest BCUT2D eigenvalue weighted by Gasteiger charge is 2.46. The zero-order chi connectivity index (χ0) is 12.7. The van der Waals surface area contributed by atoms with Crippen LogP contribution in [0.15, 0.2) is 22.8 Å². The van der Waals surface area contributed by atoms with Gasteiger partial charge >= 0.3 is 0 Å². The van der Waals surface area contributed by atoms with Gasteiger partial charge in [-0.05, 0) is 18.3 Å². The van der Waals surface area contributed by atoms with E-state index in [1.54, 1.807) is 0 Å². The number of rotatable bonds is 0. The molecule has 0 unspecified atom stereocenters. The normalized spacial score (nSPS) is 31.0. The van der Waals surface area contributed by atoms with E-state index in [9.17, 15) is 5.26 Å². The summed E-state index contributed by atoms with van der Waals surface area (Å²) in [5, 5.41) is 18.5. The van der Waals surface area contributed by atoms with Crippen LogP contribution in [0.2, 0.25) is 0 Å². The molecule has 1 fully saturated rings. The van der Waals surface area contributed by atoms with Crippen LogP contribution in [0, 0.1) is 33.5 Å². The van der Waals surface area contributed by atoms with Gasteiger partial charge in [0.05, 0.1) is 17.7 Å². The molecule has 0 radical (unpaired) electrons. The topological polar surface area (TPSA) is 47.6 Å². The maximum absolute atomic E-state index is 9.38. The first kappa shape index (κ1) is 11.9. The van der Waals surface area contributed by atoms with Crippen LogP contribution in [0.4, 0.5) is 0 Å². The van der Waals surface area contributed by atoms with E-state index >= 15 is 0 Å². The van der Waals surface area contributed by atoms with Crippen molar-refractivity contribution in [1.29, 1.82) is 10.5 Å². The van der Waals surface area contributed by atoms with Crippen molar-refractivity contribution in [2.24, 2.45) is 10.8 Å². The van der Waals surface area contributed by atoms with Crippen LogP contribution in [0.5, 0.6) is 0 Å². The van der Waals surface area contributed by atoms with Crippen molar-refractivity contribution >= 4 is 0 Å². The molecule has 2 nitrogen and oxygen atoms in total. The van der Waals surface area contributed by atoms with E-state index in [0.717, 1.165) is 12.8 Å². The summed E-state index contributed by atoms with van der Waals surface area (Å²) >= 11 is 0. The Bertz CT molecular complexity index is 494. The number of fused-ring (bicyclic) bond motifs is 1. The summed E-state index contributed by atoms with van der Waals surface area (Å²) in [7, 11) is 0. The molecule has 2 heteroatoms. The second-order valence-corrected chi connectivity index (χ2v) is 5.97. The highest BCUT2D eigenvalue weighted by Crippen LogP contribution is 2.56. The van der Waals surface area contributed by atoms with Gasteiger partial charge in [0.25, 0.3) is 0 Å². The fraction of sp³-hybridized carbons (Fsp3) is 0.600. The van der Waals surface area contributed by atoms with Crippen LogP contribution in [0.1, 0.15) is 46.5 Å². The largest absolute Gasteiger partial charge is 0.193 e. The quantitative estimate of drug-likeness (QED) is 0.588. The first-order chi connectivity index (χ1) is 7.95. The van der Waals surface area contributed by atoms with Crippen LogP contribution in [-0.2, 0) is 0 Å². The van der Waals surface area contributed by atoms with Crippen LogP contribution in [0.25, 0.3) is 0 Å². The molecule has 0 aromatic carbocycles. The van der Waals surface area contributed by atoms with Gasteiger partial charge in [-0.1, -0.05) is 38.8 Å². The van der Waals surface area contributed by atoms with Crippen molar-refractivity contribution < 1.29 is 0 Å². The number of nitrogens with zero attached hydrogens (tertiary/aromatic N) is 2. The molecule has 0 aromatic heterocycles. The van der Waals surface area contributed by atoms with E-state index in [2.05, 4.69) is 39.0 Å². The molecule has 2 rings (SSSR count). The Balaban J connectivity index is 2.58. The van der Waals surface area contributed by atoms with Gasteiger partial charge in [0.1, 0.15) is 0 Å². The maximum atomic E-state index is 9.38. The van der Waals surface area contributed by atoms with Crippen LogP contribution in [0.3, 0.4) is 0 Å². The van der Waals surface area contributed by atoms with Gasteiger partial charge in [-0.25, -0.2) is 0 Å². The molecule has 0 N–H and O–H groups in total. The van der Waals surface area contributed by atoms with E-state index < -0.39 is 0 Å². The lowest BCUT2D eigenvalue weighted by Gasteiger charge is -2.47. The Morgan fingerprint density at radius 3 is 2.41 bits per heavy atom. The van der Waals surface area contributed by atoms with Crippen molar-refractivity contribution in [2.45, 2.75) is 46.5 Å². The molecule has 1 saturated carbocycles. The maximum Gasteiger partial charge on any atom is 0.0966 e. The molecule has 0 bridgehead atoms. The molecule has 0 spiro atoms. The average molecular weight is 226 g/mol. The third kappa shape index (κ3) is 1.60. The van der Waals surface area contributed by atoms with Gasteiger partial charge in [-0.3, -0.25) is 0 Å². The number of hydrogen-bond donors (Lipinski definition) is 0. The Hall–Kier alpha value is -1.54. The zero-order valence-corrected chi connectivity index (χ0v) is 10.8. The third-order valence-electron chi connectivity index (χ3n) is 4.41. The summed E-state index contributed by atoms with van der Waals surface area (Å²) in [6.45, 7) is 6.64. The van der Waals surface area contributed by atoms with Gasteiger partial charge in [0.2, 0.25) is 0 Å². The molecule has 88 valence electrons. The second kappa shape index (κ2) is 3.74. The fourth-order valence-electron chi connectivity index (χ4n) is 3.59. The van der Waals surface area contributed by atoms with Crippen LogP contribution in [-0.4, -0.2) is 0 Å². The van der Waals surface area contributed by atoms with Crippen molar-refractivity contribution in [3.63, 3.8) is 0 Å². The summed E-state index contributed by atoms with van der Waals surface area (Å²) in [6, 6.07) is 4.50. The lowest BCUT2D eigenvalue weighted by atomic mass is 9.55. The molecule has 17 heavy (non-hydrogen) atoms. The minimum Gasteiger partial charge on any atom is -0.193 e. The van der Waals surface area contributed by atoms with Crippen molar-refractivity contribution in [2.75, 3.05) is 0 Å². The molecular weight excluding hydrogens is 208 g/mol. The average Bonchev–Trinajstić information content (AvgIpc) is 2.26. The van der Waals surface area contributed by atoms with Gasteiger partial charge in [-0.15, -0.1) is 0 Å². The van der Waals surface area contributed by atoms with Crippen molar-refractivity contribution in [3.8, 4) is 12.1 Å². The SMILES string of the molecule is CC1(C)CCC[C@@]2(C)C1=CCC(C#N)=C2C#N. The second-order valence-electron chi connectivity index (χ2n) is 5.97. The first-order valence-corrected chi connectivity index (χ1v) is 6.20. The summed E-state index contributed by atoms with van der Waals surface area (Å²) in [6.07, 6.45) is 6.13. The number of nitriles is 2. The zero-order valence-electron chi connectivity index (χ0n) is 10.8. The molecule has 0 heterocycles. The third-order valence-corrected chi connectivity index (χ3v) is 4.41. The summed E-state index contributed by atoms with van der Waals surface area (Å²) in [4.78, 5) is 0. The molecule has 1 atom stereocenters. The minimum absolute atomic E-state index is 0.163. The smallest absolute Gasteiger partial charge is 0.0966 e. The molecule has 0 aromatic rings. The first-order valence-electron chi connectivity index (χ1n) is 6.20. The number of allylic oxidation sites excluding steroid dienone is 4. The van der Waals surface area contributed by atoms with Gasteiger partial charge < -0.3 is 0 Å². The fourth-order valence-corrected chi connectivity index (χ4v) is 3.59. The summed E-state index contributed by atoms with van der Waals surface area (Å²) in [5.74, 6) is 0. The predicted octanol–water partition coefficient (Wildman–Crippen LogP) is 3.88. The van der Waals surface area contributed by atoms with Crippen LogP contribution < -0.4 is 0 Å². The molecule has 0 saturated heterocycles. The van der Waals surface area contributed by atoms with Crippen LogP contribution >= 0.6 is 0 Å². The molecule has 2 aliphatic rings. The van der Waals surface area contributed by atoms with Crippen molar-refractivity contribution in [3.05, 3.63) is 22.8 Å². The van der Waals surface area contributed by atoms with Crippen molar-refractivity contribution in [1.82, 2.24) is 0 Å². The van der Waals surface area contributed by atoms with Gasteiger partial charge in [0, 0.05) is 17.4 Å². The van der Waals surface area contributed by atoms with E-state index in [4.69, 9.17) is 5.26 Å². The summed E-state index contributed by atoms with van der Waals surface area (Å²) < 4.78 is 0. The standard InChI is InChI=1S/C15H18N2/c1-14(2)7-4-8-15(3)12(10-17)11(9-16)5-6-13(14)15/h6H,4-5,7-8H2,1-3H3/t15-/m1/s1. The highest BCUT2D eigenvalue weighted by molar-refractivity contribution is 5.52. The highest BCUT2D eigenvalue weighted by atomic mass is 14.5. The summed E-state index contributed by atoms with van der Waals surface area (Å²) in [5.41, 5.74) is 2.71. The molecule has 0 aliphatic heterocycles. The predicted molar refractivity (Wildman–Crippen MR) is 66.7 cm³/mol. The number of hydrogen-bond acceptors (Lipinski definition) is 2. The van der Waals surface area contributed by atoms with Gasteiger partial charge in [-0.2, -0.15) is 10.5 Å². The lowest BCUT2D eigenvalue weighted by Crippen LogP contribution is -2.37. The Morgan fingerprint density at radius 1 is 1.12 bits per heavy atom. The Labute approximate surface area is 103 Å². The lowest BCUT2D eigenvalue weighted by molar-refractivity contribution is 0.228. The van der Waals surface area contributed by atoms with Gasteiger partial charge in [0.15, 0.2) is 0 Å². The van der Waals surface area contributed by atoms with E-state index in [1.165, 1.54) is 12.0 Å². The van der Waals surface area contributed by atoms with E-state index in [0.29, 0.717) is 17.6 Å².